The van der Waals surface area contributed by atoms with Crippen LogP contribution in [0.5, 0.6) is 0 Å². The van der Waals surface area contributed by atoms with E-state index in [-0.39, 0.29) is 0 Å². The van der Waals surface area contributed by atoms with E-state index in [1.54, 1.807) is 0 Å². The molecule has 0 unspecified atom stereocenters. The highest BCUT2D eigenvalue weighted by Gasteiger charge is 2.29. The molecule has 0 aromatic carbocycles. The average molecular weight is 896 g/mol. The fourth-order valence-corrected chi connectivity index (χ4v) is 10.9. The second kappa shape index (κ2) is 45.6. The summed E-state index contributed by atoms with van der Waals surface area (Å²) in [5.41, 5.74) is 0. The molecular formula is C59H130N4+4. The molecule has 0 atom stereocenters. The van der Waals surface area contributed by atoms with Crippen molar-refractivity contribution in [3.05, 3.63) is 0 Å². The van der Waals surface area contributed by atoms with Gasteiger partial charge < -0.3 is 17.9 Å². The van der Waals surface area contributed by atoms with Gasteiger partial charge in [0.15, 0.2) is 0 Å². The van der Waals surface area contributed by atoms with Crippen LogP contribution >= 0.6 is 0 Å². The van der Waals surface area contributed by atoms with E-state index in [0.717, 1.165) is 0 Å². The minimum atomic E-state index is 1.35. The maximum absolute atomic E-state index is 2.37. The Balaban J connectivity index is 0. The number of unbranched alkanes of at least 4 members (excludes halogenated alkanes) is 17. The lowest BCUT2D eigenvalue weighted by Crippen LogP contribution is -2.51. The third-order valence-electron chi connectivity index (χ3n) is 15.6. The fraction of sp³-hybridized carbons (Fsp3) is 1.00. The molecule has 0 rings (SSSR count). The summed E-state index contributed by atoms with van der Waals surface area (Å²) in [7, 11) is 0. The maximum Gasteiger partial charge on any atom is 0.0786 e. The molecule has 0 aliphatic rings. The predicted molar refractivity (Wildman–Crippen MR) is 290 cm³/mol. The normalized spacial score (nSPS) is 12.6. The molecule has 4 heteroatoms. The first-order valence-electron chi connectivity index (χ1n) is 30.0. The number of hydrogen-bond acceptors (Lipinski definition) is 0. The van der Waals surface area contributed by atoms with E-state index in [0.29, 0.717) is 0 Å². The summed E-state index contributed by atoms with van der Waals surface area (Å²) in [6.07, 6.45) is 43.4. The molecule has 0 aliphatic carbocycles. The van der Waals surface area contributed by atoms with Crippen LogP contribution in [0.2, 0.25) is 0 Å². The highest BCUT2D eigenvalue weighted by molar-refractivity contribution is 4.56. The second-order valence-corrected chi connectivity index (χ2v) is 21.7. The summed E-state index contributed by atoms with van der Waals surface area (Å²) < 4.78 is 5.71. The Morgan fingerprint density at radius 3 is 0.333 bits per heavy atom. The summed E-state index contributed by atoms with van der Waals surface area (Å²) in [5, 5.41) is 0. The van der Waals surface area contributed by atoms with E-state index in [1.165, 1.54) is 322 Å². The van der Waals surface area contributed by atoms with Gasteiger partial charge in [0, 0.05) is 0 Å². The van der Waals surface area contributed by atoms with Crippen LogP contribution in [-0.4, -0.2) is 123 Å². The lowest BCUT2D eigenvalue weighted by atomic mass is 10.1. The van der Waals surface area contributed by atoms with Crippen LogP contribution in [0.1, 0.15) is 282 Å². The van der Waals surface area contributed by atoms with E-state index < -0.39 is 0 Å². The van der Waals surface area contributed by atoms with Gasteiger partial charge in [-0.15, -0.1) is 0 Å². The van der Waals surface area contributed by atoms with Crippen LogP contribution in [0, 0.1) is 0 Å². The van der Waals surface area contributed by atoms with Crippen molar-refractivity contribution in [1.29, 1.82) is 0 Å². The van der Waals surface area contributed by atoms with Crippen molar-refractivity contribution in [3.8, 4) is 0 Å². The third kappa shape index (κ3) is 33.9. The summed E-state index contributed by atoms with van der Waals surface area (Å²) in [5.74, 6) is 0. The smallest absolute Gasteiger partial charge is 0.0786 e. The zero-order chi connectivity index (χ0) is 47.2. The zero-order valence-electron chi connectivity index (χ0n) is 47.0. The van der Waals surface area contributed by atoms with Crippen LogP contribution < -0.4 is 0 Å². The zero-order valence-corrected chi connectivity index (χ0v) is 47.0. The lowest BCUT2D eigenvalue weighted by molar-refractivity contribution is -0.931. The standard InChI is InChI=1S/C30H66N2.C29H64N2/c1-7-13-23-31(24-14-8-2,25-15-9-3)29-21-19-20-22-30-32(26-16-10-4,27-17-11-5)28-18-12-6;1-7-13-22-30(23-14-8-2,24-15-9-3)28-20-19-21-29-31(25-16-10-4,26-17-11-5)27-18-12-6/h7-30H2,1-6H3;7-29H2,1-6H3/q2*+2. The van der Waals surface area contributed by atoms with E-state index in [4.69, 9.17) is 0 Å². The Morgan fingerprint density at radius 2 is 0.222 bits per heavy atom. The van der Waals surface area contributed by atoms with Gasteiger partial charge in [0.05, 0.1) is 105 Å². The van der Waals surface area contributed by atoms with Crippen molar-refractivity contribution < 1.29 is 17.9 Å². The quantitative estimate of drug-likeness (QED) is 0.0422. The molecule has 0 spiro atoms. The lowest BCUT2D eigenvalue weighted by Gasteiger charge is -2.40. The summed E-state index contributed by atoms with van der Waals surface area (Å²) in [4.78, 5) is 0. The van der Waals surface area contributed by atoms with Gasteiger partial charge in [0.1, 0.15) is 0 Å². The fourth-order valence-electron chi connectivity index (χ4n) is 10.9. The summed E-state index contributed by atoms with van der Waals surface area (Å²) in [6.45, 7) is 51.4. The Kier molecular flexibility index (Phi) is 47.0. The second-order valence-electron chi connectivity index (χ2n) is 21.7. The molecule has 0 N–H and O–H groups in total. The molecule has 0 aromatic heterocycles. The molecule has 0 amide bonds. The van der Waals surface area contributed by atoms with Crippen LogP contribution in [0.4, 0.5) is 0 Å². The van der Waals surface area contributed by atoms with Crippen molar-refractivity contribution in [3.63, 3.8) is 0 Å². The number of quaternary nitrogens is 4. The molecule has 0 aliphatic heterocycles. The topological polar surface area (TPSA) is 0 Å². The molecule has 0 saturated carbocycles. The Morgan fingerprint density at radius 1 is 0.127 bits per heavy atom. The Bertz CT molecular complexity index is 730. The van der Waals surface area contributed by atoms with Crippen LogP contribution in [0.3, 0.4) is 0 Å². The summed E-state index contributed by atoms with van der Waals surface area (Å²) >= 11 is 0. The van der Waals surface area contributed by atoms with Gasteiger partial charge in [0.25, 0.3) is 0 Å². The van der Waals surface area contributed by atoms with Gasteiger partial charge in [-0.1, -0.05) is 160 Å². The molecule has 0 fully saturated rings. The highest BCUT2D eigenvalue weighted by atomic mass is 15.4. The van der Waals surface area contributed by atoms with E-state index in [2.05, 4.69) is 83.1 Å². The van der Waals surface area contributed by atoms with Crippen molar-refractivity contribution >= 4 is 0 Å². The van der Waals surface area contributed by atoms with E-state index >= 15 is 0 Å². The Labute approximate surface area is 403 Å². The molecule has 63 heavy (non-hydrogen) atoms. The molecule has 382 valence electrons. The molecule has 0 saturated heterocycles. The first kappa shape index (κ1) is 64.9. The van der Waals surface area contributed by atoms with Crippen molar-refractivity contribution in [2.75, 3.05) is 105 Å². The largest absolute Gasteiger partial charge is 0.324 e. The molecule has 0 aromatic rings. The SMILES string of the molecule is CCCC[N+](CCCC)(CCCC)CCCCCC[N+](CCCC)(CCCC)CCCC.CCCC[N+](CCCC)(CCCC)CCCCC[N+](CCCC)(CCCC)CCCC. The molecule has 0 radical (unpaired) electrons. The van der Waals surface area contributed by atoms with Crippen LogP contribution in [0.25, 0.3) is 0 Å². The first-order valence-corrected chi connectivity index (χ1v) is 30.0. The Hall–Kier alpha value is -0.160. The number of rotatable bonds is 49. The van der Waals surface area contributed by atoms with Crippen molar-refractivity contribution in [2.45, 2.75) is 282 Å². The predicted octanol–water partition coefficient (Wildman–Crippen LogP) is 17.6. The van der Waals surface area contributed by atoms with Gasteiger partial charge in [-0.3, -0.25) is 0 Å². The average Bonchev–Trinajstić information content (AvgIpc) is 3.31. The third-order valence-corrected chi connectivity index (χ3v) is 15.6. The highest BCUT2D eigenvalue weighted by Crippen LogP contribution is 2.22. The van der Waals surface area contributed by atoms with Gasteiger partial charge in [0.2, 0.25) is 0 Å². The number of hydrogen-bond donors (Lipinski definition) is 0. The minimum Gasteiger partial charge on any atom is -0.324 e. The van der Waals surface area contributed by atoms with Gasteiger partial charge >= 0.3 is 0 Å². The summed E-state index contributed by atoms with van der Waals surface area (Å²) in [6, 6.07) is 0. The molecule has 0 bridgehead atoms. The van der Waals surface area contributed by atoms with Crippen LogP contribution in [0.15, 0.2) is 0 Å². The first-order chi connectivity index (χ1) is 30.6. The van der Waals surface area contributed by atoms with Crippen molar-refractivity contribution in [2.24, 2.45) is 0 Å². The minimum absolute atomic E-state index is 1.35. The van der Waals surface area contributed by atoms with Gasteiger partial charge in [-0.25, -0.2) is 0 Å². The van der Waals surface area contributed by atoms with Crippen LogP contribution in [-0.2, 0) is 0 Å². The van der Waals surface area contributed by atoms with Gasteiger partial charge in [-0.05, 0) is 122 Å². The molecule has 0 heterocycles. The van der Waals surface area contributed by atoms with Crippen molar-refractivity contribution in [1.82, 2.24) is 0 Å². The number of nitrogens with zero attached hydrogens (tertiary/aromatic N) is 4. The molecule has 4 nitrogen and oxygen atoms in total. The molecular weight excluding hydrogens is 765 g/mol. The van der Waals surface area contributed by atoms with E-state index in [1.807, 2.05) is 0 Å². The van der Waals surface area contributed by atoms with Gasteiger partial charge in [-0.2, -0.15) is 0 Å². The monoisotopic (exact) mass is 895 g/mol. The maximum atomic E-state index is 2.37. The van der Waals surface area contributed by atoms with E-state index in [9.17, 15) is 0 Å².